The molecule has 150 valence electrons. The van der Waals surface area contributed by atoms with E-state index in [0.717, 1.165) is 30.7 Å². The second-order valence-corrected chi connectivity index (χ2v) is 6.74. The SMILES string of the molecule is COc1ccc2c(c1)CC(NCC(O)CNc1ccccc1)CCC2.Cl.Cl. The van der Waals surface area contributed by atoms with Crippen LogP contribution in [0.2, 0.25) is 0 Å². The maximum Gasteiger partial charge on any atom is 0.119 e. The number of para-hydroxylation sites is 1. The van der Waals surface area contributed by atoms with Gasteiger partial charge in [-0.05, 0) is 61.1 Å². The molecule has 3 rings (SSSR count). The van der Waals surface area contributed by atoms with Crippen molar-refractivity contribution in [3.63, 3.8) is 0 Å². The Labute approximate surface area is 174 Å². The molecule has 2 aromatic carbocycles. The van der Waals surface area contributed by atoms with Crippen LogP contribution in [0, 0.1) is 0 Å². The Morgan fingerprint density at radius 1 is 1.07 bits per heavy atom. The molecule has 6 heteroatoms. The van der Waals surface area contributed by atoms with E-state index < -0.39 is 6.10 Å². The fourth-order valence-electron chi connectivity index (χ4n) is 3.41. The summed E-state index contributed by atoms with van der Waals surface area (Å²) in [7, 11) is 1.71. The van der Waals surface area contributed by atoms with Gasteiger partial charge < -0.3 is 20.5 Å². The number of aryl methyl sites for hydroxylation is 1. The number of methoxy groups -OCH3 is 1. The summed E-state index contributed by atoms with van der Waals surface area (Å²) in [5.74, 6) is 0.923. The summed E-state index contributed by atoms with van der Waals surface area (Å²) in [4.78, 5) is 0. The van der Waals surface area contributed by atoms with Gasteiger partial charge >= 0.3 is 0 Å². The van der Waals surface area contributed by atoms with Gasteiger partial charge in [0.25, 0.3) is 0 Å². The van der Waals surface area contributed by atoms with Crippen molar-refractivity contribution in [3.05, 3.63) is 59.7 Å². The lowest BCUT2D eigenvalue weighted by atomic mass is 10.0. The first-order valence-corrected chi connectivity index (χ1v) is 9.11. The number of halogens is 2. The van der Waals surface area contributed by atoms with Crippen LogP contribution in [0.3, 0.4) is 0 Å². The molecule has 1 aliphatic rings. The summed E-state index contributed by atoms with van der Waals surface area (Å²) in [6.07, 6.45) is 4.01. The zero-order valence-electron chi connectivity index (χ0n) is 15.7. The molecule has 0 bridgehead atoms. The minimum atomic E-state index is -0.409. The lowest BCUT2D eigenvalue weighted by Gasteiger charge is -2.20. The fourth-order valence-corrected chi connectivity index (χ4v) is 3.41. The standard InChI is InChI=1S/C21H28N2O2.2ClH/c1-25-21-11-10-16-6-5-9-19(12-17(16)13-21)23-15-20(24)14-22-18-7-3-2-4-8-18;;/h2-4,7-8,10-11,13,19-20,22-24H,5-6,9,12,14-15H2,1H3;2*1H. The van der Waals surface area contributed by atoms with Crippen molar-refractivity contribution >= 4 is 30.5 Å². The van der Waals surface area contributed by atoms with Gasteiger partial charge in [0.05, 0.1) is 13.2 Å². The number of aliphatic hydroxyl groups excluding tert-OH is 1. The molecule has 0 amide bonds. The van der Waals surface area contributed by atoms with Crippen LogP contribution in [-0.2, 0) is 12.8 Å². The van der Waals surface area contributed by atoms with Crippen LogP contribution >= 0.6 is 24.8 Å². The van der Waals surface area contributed by atoms with E-state index in [1.165, 1.54) is 17.5 Å². The minimum Gasteiger partial charge on any atom is -0.497 e. The van der Waals surface area contributed by atoms with Gasteiger partial charge in [-0.2, -0.15) is 0 Å². The summed E-state index contributed by atoms with van der Waals surface area (Å²) >= 11 is 0. The van der Waals surface area contributed by atoms with Crippen molar-refractivity contribution in [2.24, 2.45) is 0 Å². The lowest BCUT2D eigenvalue weighted by molar-refractivity contribution is 0.178. The average Bonchev–Trinajstić information content (AvgIpc) is 2.86. The first kappa shape index (κ1) is 23.6. The molecule has 0 aromatic heterocycles. The average molecular weight is 413 g/mol. The molecule has 27 heavy (non-hydrogen) atoms. The van der Waals surface area contributed by atoms with E-state index in [4.69, 9.17) is 4.74 Å². The monoisotopic (exact) mass is 412 g/mol. The summed E-state index contributed by atoms with van der Waals surface area (Å²) in [5.41, 5.74) is 3.83. The Morgan fingerprint density at radius 3 is 2.59 bits per heavy atom. The van der Waals surface area contributed by atoms with Gasteiger partial charge in [0.15, 0.2) is 0 Å². The fraction of sp³-hybridized carbons (Fsp3) is 0.429. The van der Waals surface area contributed by atoms with Crippen molar-refractivity contribution < 1.29 is 9.84 Å². The number of anilines is 1. The normalized spacial score (nSPS) is 16.7. The number of benzene rings is 2. The molecule has 3 N–H and O–H groups in total. The quantitative estimate of drug-likeness (QED) is 0.604. The van der Waals surface area contributed by atoms with E-state index in [0.29, 0.717) is 19.1 Å². The minimum absolute atomic E-state index is 0. The molecule has 0 fully saturated rings. The molecule has 0 spiro atoms. The summed E-state index contributed by atoms with van der Waals surface area (Å²) in [6.45, 7) is 1.15. The second kappa shape index (κ2) is 12.1. The summed E-state index contributed by atoms with van der Waals surface area (Å²) in [5, 5.41) is 17.1. The third-order valence-corrected chi connectivity index (χ3v) is 4.84. The second-order valence-electron chi connectivity index (χ2n) is 6.74. The van der Waals surface area contributed by atoms with E-state index in [2.05, 4.69) is 22.8 Å². The van der Waals surface area contributed by atoms with Crippen LogP contribution < -0.4 is 15.4 Å². The zero-order valence-corrected chi connectivity index (χ0v) is 17.3. The number of nitrogens with one attached hydrogen (secondary N) is 2. The van der Waals surface area contributed by atoms with Crippen LogP contribution in [0.1, 0.15) is 24.0 Å². The highest BCUT2D eigenvalue weighted by Crippen LogP contribution is 2.25. The first-order chi connectivity index (χ1) is 12.2. The Balaban J connectivity index is 0.00000182. The highest BCUT2D eigenvalue weighted by atomic mass is 35.5. The van der Waals surface area contributed by atoms with Crippen LogP contribution in [0.5, 0.6) is 5.75 Å². The van der Waals surface area contributed by atoms with Crippen molar-refractivity contribution in [1.82, 2.24) is 5.32 Å². The molecule has 0 saturated carbocycles. The van der Waals surface area contributed by atoms with Crippen LogP contribution in [0.25, 0.3) is 0 Å². The molecule has 0 saturated heterocycles. The molecule has 2 atom stereocenters. The predicted molar refractivity (Wildman–Crippen MR) is 117 cm³/mol. The largest absolute Gasteiger partial charge is 0.497 e. The van der Waals surface area contributed by atoms with Crippen LogP contribution in [0.15, 0.2) is 48.5 Å². The Hall–Kier alpha value is -1.46. The molecule has 2 aromatic rings. The number of hydrogen-bond acceptors (Lipinski definition) is 4. The van der Waals surface area contributed by atoms with Crippen molar-refractivity contribution in [1.29, 1.82) is 0 Å². The van der Waals surface area contributed by atoms with E-state index in [1.54, 1.807) is 7.11 Å². The number of fused-ring (bicyclic) bond motifs is 1. The number of hydrogen-bond donors (Lipinski definition) is 3. The predicted octanol–water partition coefficient (Wildman–Crippen LogP) is 3.85. The van der Waals surface area contributed by atoms with Crippen LogP contribution in [0.4, 0.5) is 5.69 Å². The maximum atomic E-state index is 10.2. The molecular weight excluding hydrogens is 383 g/mol. The summed E-state index contributed by atoms with van der Waals surface area (Å²) in [6, 6.07) is 16.8. The third-order valence-electron chi connectivity index (χ3n) is 4.84. The highest BCUT2D eigenvalue weighted by molar-refractivity contribution is 5.85. The molecule has 4 nitrogen and oxygen atoms in total. The number of ether oxygens (including phenoxy) is 1. The van der Waals surface area contributed by atoms with Gasteiger partial charge in [-0.1, -0.05) is 24.3 Å². The van der Waals surface area contributed by atoms with E-state index in [1.807, 2.05) is 36.4 Å². The molecule has 2 unspecified atom stereocenters. The van der Waals surface area contributed by atoms with Gasteiger partial charge in [0, 0.05) is 24.8 Å². The van der Waals surface area contributed by atoms with Gasteiger partial charge in [0.2, 0.25) is 0 Å². The third kappa shape index (κ3) is 7.23. The van der Waals surface area contributed by atoms with Crippen LogP contribution in [-0.4, -0.2) is 37.5 Å². The van der Waals surface area contributed by atoms with Gasteiger partial charge in [-0.25, -0.2) is 0 Å². The van der Waals surface area contributed by atoms with Gasteiger partial charge in [0.1, 0.15) is 5.75 Å². The highest BCUT2D eigenvalue weighted by Gasteiger charge is 2.18. The number of aliphatic hydroxyl groups is 1. The Morgan fingerprint density at radius 2 is 1.85 bits per heavy atom. The molecule has 1 aliphatic carbocycles. The van der Waals surface area contributed by atoms with E-state index in [-0.39, 0.29) is 24.8 Å². The van der Waals surface area contributed by atoms with Crippen molar-refractivity contribution in [3.8, 4) is 5.75 Å². The van der Waals surface area contributed by atoms with Gasteiger partial charge in [-0.15, -0.1) is 24.8 Å². The molecule has 0 radical (unpaired) electrons. The first-order valence-electron chi connectivity index (χ1n) is 9.11. The Bertz CT molecular complexity index is 670. The molecular formula is C21H30Cl2N2O2. The van der Waals surface area contributed by atoms with Crippen molar-refractivity contribution in [2.75, 3.05) is 25.5 Å². The number of rotatable bonds is 7. The zero-order chi connectivity index (χ0) is 17.5. The Kier molecular flexibility index (Phi) is 10.6. The maximum absolute atomic E-state index is 10.2. The summed E-state index contributed by atoms with van der Waals surface area (Å²) < 4.78 is 5.36. The van der Waals surface area contributed by atoms with Gasteiger partial charge in [-0.3, -0.25) is 0 Å². The topological polar surface area (TPSA) is 53.5 Å². The smallest absolute Gasteiger partial charge is 0.119 e. The van der Waals surface area contributed by atoms with E-state index >= 15 is 0 Å². The van der Waals surface area contributed by atoms with Crippen molar-refractivity contribution in [2.45, 2.75) is 37.8 Å². The molecule has 0 heterocycles. The van der Waals surface area contributed by atoms with E-state index in [9.17, 15) is 5.11 Å². The molecule has 0 aliphatic heterocycles. The lowest BCUT2D eigenvalue weighted by Crippen LogP contribution is -2.39.